The molecule has 0 N–H and O–H groups in total. The van der Waals surface area contributed by atoms with E-state index in [0.717, 1.165) is 15.9 Å². The number of morpholine rings is 1. The summed E-state index contributed by atoms with van der Waals surface area (Å²) >= 11 is 3.45. The number of nitrogens with zero attached hydrogens (tertiary/aromatic N) is 4. The number of carbonyl (C=O) groups excluding carboxylic acids is 1. The molecule has 0 aliphatic carbocycles. The number of hydrogen-bond acceptors (Lipinski definition) is 6. The first-order chi connectivity index (χ1) is 14.6. The van der Waals surface area contributed by atoms with E-state index < -0.39 is 0 Å². The average Bonchev–Trinajstić information content (AvgIpc) is 3.33. The Balaban J connectivity index is 1.35. The van der Waals surface area contributed by atoms with Gasteiger partial charge in [-0.05, 0) is 58.4 Å². The summed E-state index contributed by atoms with van der Waals surface area (Å²) in [5.41, 5.74) is 1.47. The molecule has 1 unspecified atom stereocenters. The van der Waals surface area contributed by atoms with Crippen LogP contribution in [-0.2, 0) is 4.74 Å². The Labute approximate surface area is 182 Å². The van der Waals surface area contributed by atoms with E-state index in [4.69, 9.17) is 14.2 Å². The predicted molar refractivity (Wildman–Crippen MR) is 113 cm³/mol. The van der Waals surface area contributed by atoms with Crippen molar-refractivity contribution >= 4 is 21.8 Å². The third-order valence-electron chi connectivity index (χ3n) is 4.79. The molecule has 2 aromatic carbocycles. The first kappa shape index (κ1) is 20.4. The van der Waals surface area contributed by atoms with Crippen molar-refractivity contribution in [3.63, 3.8) is 0 Å². The zero-order chi connectivity index (χ0) is 20.9. The minimum atomic E-state index is -0.206. The molecule has 30 heavy (non-hydrogen) atoms. The second kappa shape index (κ2) is 9.27. The smallest absolute Gasteiger partial charge is 0.255 e. The van der Waals surface area contributed by atoms with Gasteiger partial charge >= 0.3 is 0 Å². The largest absolute Gasteiger partial charge is 0.497 e. The molecule has 3 aromatic rings. The highest BCUT2D eigenvalue weighted by Gasteiger charge is 2.27. The normalized spacial score (nSPS) is 16.3. The summed E-state index contributed by atoms with van der Waals surface area (Å²) in [6.07, 6.45) is 2.92. The summed E-state index contributed by atoms with van der Waals surface area (Å²) in [6.45, 7) is 1.81. The molecular weight excluding hydrogens is 452 g/mol. The van der Waals surface area contributed by atoms with Crippen LogP contribution in [-0.4, -0.2) is 65.1 Å². The number of halogens is 1. The monoisotopic (exact) mass is 472 g/mol. The van der Waals surface area contributed by atoms with Gasteiger partial charge in [-0.15, -0.1) is 0 Å². The number of carbonyl (C=O) groups is 1. The SMILES string of the molecule is COc1ccc(Br)c(C(=O)N2CCOC(COc3ccc(-n4cncn4)cc3)C2)c1. The van der Waals surface area contributed by atoms with Crippen molar-refractivity contribution in [1.82, 2.24) is 19.7 Å². The van der Waals surface area contributed by atoms with Gasteiger partial charge in [0.2, 0.25) is 0 Å². The van der Waals surface area contributed by atoms with Crippen LogP contribution in [0.3, 0.4) is 0 Å². The van der Waals surface area contributed by atoms with Crippen molar-refractivity contribution in [3.05, 3.63) is 65.2 Å². The highest BCUT2D eigenvalue weighted by Crippen LogP contribution is 2.25. The van der Waals surface area contributed by atoms with Crippen molar-refractivity contribution in [2.75, 3.05) is 33.4 Å². The molecule has 2 heterocycles. The number of methoxy groups -OCH3 is 1. The van der Waals surface area contributed by atoms with Gasteiger partial charge in [0.25, 0.3) is 5.91 Å². The molecule has 9 heteroatoms. The number of aromatic nitrogens is 3. The van der Waals surface area contributed by atoms with Gasteiger partial charge in [0.05, 0.1) is 31.5 Å². The zero-order valence-electron chi connectivity index (χ0n) is 16.4. The van der Waals surface area contributed by atoms with Crippen molar-refractivity contribution in [3.8, 4) is 17.2 Å². The summed E-state index contributed by atoms with van der Waals surface area (Å²) in [4.78, 5) is 18.7. The summed E-state index contributed by atoms with van der Waals surface area (Å²) < 4.78 is 19.3. The standard InChI is InChI=1S/C21H21BrN4O4/c1-28-17-6-7-20(22)19(10-17)21(27)25-8-9-29-18(11-25)12-30-16-4-2-15(3-5-16)26-14-23-13-24-26/h2-7,10,13-14,18H,8-9,11-12H2,1H3. The maximum atomic E-state index is 13.0. The van der Waals surface area contributed by atoms with E-state index in [1.54, 1.807) is 29.1 Å². The van der Waals surface area contributed by atoms with E-state index >= 15 is 0 Å². The van der Waals surface area contributed by atoms with Gasteiger partial charge in [-0.2, -0.15) is 5.10 Å². The summed E-state index contributed by atoms with van der Waals surface area (Å²) in [7, 11) is 1.58. The van der Waals surface area contributed by atoms with Gasteiger partial charge in [0.15, 0.2) is 0 Å². The fourth-order valence-corrected chi connectivity index (χ4v) is 3.61. The van der Waals surface area contributed by atoms with Gasteiger partial charge in [-0.25, -0.2) is 9.67 Å². The van der Waals surface area contributed by atoms with E-state index in [0.29, 0.717) is 37.6 Å². The van der Waals surface area contributed by atoms with Crippen molar-refractivity contribution in [2.45, 2.75) is 6.10 Å². The minimum Gasteiger partial charge on any atom is -0.497 e. The highest BCUT2D eigenvalue weighted by molar-refractivity contribution is 9.10. The van der Waals surface area contributed by atoms with Crippen molar-refractivity contribution in [2.24, 2.45) is 0 Å². The van der Waals surface area contributed by atoms with Crippen LogP contribution < -0.4 is 9.47 Å². The lowest BCUT2D eigenvalue weighted by Gasteiger charge is -2.33. The Morgan fingerprint density at radius 1 is 1.23 bits per heavy atom. The molecule has 156 valence electrons. The topological polar surface area (TPSA) is 78.7 Å². The summed E-state index contributed by atoms with van der Waals surface area (Å²) in [5, 5.41) is 4.10. The van der Waals surface area contributed by atoms with Crippen LogP contribution in [0.25, 0.3) is 5.69 Å². The Morgan fingerprint density at radius 2 is 2.03 bits per heavy atom. The van der Waals surface area contributed by atoms with E-state index in [-0.39, 0.29) is 12.0 Å². The summed E-state index contributed by atoms with van der Waals surface area (Å²) in [5.74, 6) is 1.30. The maximum Gasteiger partial charge on any atom is 0.255 e. The maximum absolute atomic E-state index is 13.0. The molecule has 4 rings (SSSR count). The third-order valence-corrected chi connectivity index (χ3v) is 5.48. The van der Waals surface area contributed by atoms with Crippen molar-refractivity contribution < 1.29 is 19.0 Å². The minimum absolute atomic E-state index is 0.0636. The summed E-state index contributed by atoms with van der Waals surface area (Å²) in [6, 6.07) is 12.9. The molecule has 0 spiro atoms. The number of rotatable bonds is 6. The molecule has 0 radical (unpaired) electrons. The molecule has 1 fully saturated rings. The fourth-order valence-electron chi connectivity index (χ4n) is 3.20. The Hall–Kier alpha value is -2.91. The lowest BCUT2D eigenvalue weighted by atomic mass is 10.1. The lowest BCUT2D eigenvalue weighted by Crippen LogP contribution is -2.47. The molecule has 0 saturated carbocycles. The number of amides is 1. The van der Waals surface area contributed by atoms with Gasteiger partial charge in [0.1, 0.15) is 36.9 Å². The van der Waals surface area contributed by atoms with Crippen LogP contribution >= 0.6 is 15.9 Å². The van der Waals surface area contributed by atoms with Crippen LogP contribution in [0.1, 0.15) is 10.4 Å². The van der Waals surface area contributed by atoms with Crippen LogP contribution in [0.4, 0.5) is 0 Å². The van der Waals surface area contributed by atoms with Gasteiger partial charge in [0, 0.05) is 11.0 Å². The molecule has 1 saturated heterocycles. The van der Waals surface area contributed by atoms with E-state index in [2.05, 4.69) is 26.0 Å². The first-order valence-corrected chi connectivity index (χ1v) is 10.3. The molecular formula is C21H21BrN4O4. The quantitative estimate of drug-likeness (QED) is 0.548. The zero-order valence-corrected chi connectivity index (χ0v) is 18.0. The van der Waals surface area contributed by atoms with E-state index in [1.807, 2.05) is 36.4 Å². The van der Waals surface area contributed by atoms with E-state index in [9.17, 15) is 4.79 Å². The molecule has 1 aliphatic heterocycles. The number of hydrogen-bond donors (Lipinski definition) is 0. The van der Waals surface area contributed by atoms with E-state index in [1.165, 1.54) is 6.33 Å². The Kier molecular flexibility index (Phi) is 6.29. The van der Waals surface area contributed by atoms with Crippen LogP contribution in [0.5, 0.6) is 11.5 Å². The third kappa shape index (κ3) is 4.63. The average molecular weight is 473 g/mol. The molecule has 1 amide bonds. The van der Waals surface area contributed by atoms with Gasteiger partial charge in [-0.1, -0.05) is 0 Å². The lowest BCUT2D eigenvalue weighted by molar-refractivity contribution is -0.0401. The van der Waals surface area contributed by atoms with Gasteiger partial charge < -0.3 is 19.1 Å². The fraction of sp³-hybridized carbons (Fsp3) is 0.286. The second-order valence-corrected chi connectivity index (χ2v) is 7.59. The van der Waals surface area contributed by atoms with Crippen LogP contribution in [0, 0.1) is 0 Å². The number of benzene rings is 2. The Morgan fingerprint density at radius 3 is 2.77 bits per heavy atom. The molecule has 8 nitrogen and oxygen atoms in total. The predicted octanol–water partition coefficient (Wildman–Crippen LogP) is 2.96. The van der Waals surface area contributed by atoms with Crippen LogP contribution in [0.15, 0.2) is 59.6 Å². The van der Waals surface area contributed by atoms with Crippen LogP contribution in [0.2, 0.25) is 0 Å². The first-order valence-electron chi connectivity index (χ1n) is 9.46. The molecule has 1 atom stereocenters. The Bertz CT molecular complexity index is 995. The molecule has 1 aromatic heterocycles. The molecule has 0 bridgehead atoms. The molecule has 1 aliphatic rings. The van der Waals surface area contributed by atoms with Gasteiger partial charge in [-0.3, -0.25) is 4.79 Å². The number of ether oxygens (including phenoxy) is 3. The van der Waals surface area contributed by atoms with Crippen molar-refractivity contribution in [1.29, 1.82) is 0 Å². The highest BCUT2D eigenvalue weighted by atomic mass is 79.9. The second-order valence-electron chi connectivity index (χ2n) is 6.73.